The van der Waals surface area contributed by atoms with Crippen molar-refractivity contribution in [2.75, 3.05) is 33.3 Å². The molecule has 0 unspecified atom stereocenters. The van der Waals surface area contributed by atoms with Crippen LogP contribution < -0.4 is 15.6 Å². The summed E-state index contributed by atoms with van der Waals surface area (Å²) >= 11 is 0. The van der Waals surface area contributed by atoms with E-state index in [2.05, 4.69) is 17.1 Å². The van der Waals surface area contributed by atoms with Gasteiger partial charge in [0.1, 0.15) is 5.75 Å². The number of piperidine rings is 1. The first-order valence-electron chi connectivity index (χ1n) is 11.4. The maximum Gasteiger partial charge on any atom is 0.262 e. The van der Waals surface area contributed by atoms with Crippen LogP contribution in [0.25, 0.3) is 16.5 Å². The number of ether oxygens (including phenoxy) is 1. The van der Waals surface area contributed by atoms with Gasteiger partial charge in [0.2, 0.25) is 0 Å². The van der Waals surface area contributed by atoms with Crippen molar-refractivity contribution in [2.24, 2.45) is 5.92 Å². The van der Waals surface area contributed by atoms with E-state index in [1.54, 1.807) is 31.5 Å². The highest BCUT2D eigenvalue weighted by Crippen LogP contribution is 2.20. The monoisotopic (exact) mass is 433 g/mol. The predicted molar refractivity (Wildman–Crippen MR) is 128 cm³/mol. The van der Waals surface area contributed by atoms with Gasteiger partial charge in [-0.3, -0.25) is 14.2 Å². The Morgan fingerprint density at radius 3 is 2.59 bits per heavy atom. The molecule has 1 fully saturated rings. The molecule has 1 N–H and O–H groups in total. The predicted octanol–water partition coefficient (Wildman–Crippen LogP) is 3.85. The Balaban J connectivity index is 1.53. The van der Waals surface area contributed by atoms with Crippen molar-refractivity contribution in [3.05, 3.63) is 70.6 Å². The average molecular weight is 434 g/mol. The number of methoxy groups -OCH3 is 1. The molecule has 0 bridgehead atoms. The van der Waals surface area contributed by atoms with E-state index in [-0.39, 0.29) is 11.5 Å². The van der Waals surface area contributed by atoms with Crippen LogP contribution in [-0.4, -0.2) is 48.7 Å². The largest absolute Gasteiger partial charge is 0.497 e. The fourth-order valence-electron chi connectivity index (χ4n) is 4.50. The van der Waals surface area contributed by atoms with E-state index in [0.717, 1.165) is 32.0 Å². The van der Waals surface area contributed by atoms with Crippen LogP contribution in [0.1, 0.15) is 36.5 Å². The molecule has 1 amide bonds. The Hall–Kier alpha value is -3.12. The van der Waals surface area contributed by atoms with Gasteiger partial charge < -0.3 is 15.0 Å². The number of carbonyl (C=O) groups is 1. The minimum atomic E-state index is -0.157. The molecule has 4 rings (SSSR count). The van der Waals surface area contributed by atoms with Crippen molar-refractivity contribution in [1.82, 2.24) is 14.8 Å². The molecule has 6 nitrogen and oxygen atoms in total. The van der Waals surface area contributed by atoms with Crippen LogP contribution in [0, 0.1) is 5.92 Å². The smallest absolute Gasteiger partial charge is 0.262 e. The van der Waals surface area contributed by atoms with Gasteiger partial charge in [-0.1, -0.05) is 25.1 Å². The van der Waals surface area contributed by atoms with Gasteiger partial charge in [0, 0.05) is 35.7 Å². The quantitative estimate of drug-likeness (QED) is 0.575. The molecule has 168 valence electrons. The minimum Gasteiger partial charge on any atom is -0.497 e. The molecule has 2 heterocycles. The number of pyridine rings is 1. The summed E-state index contributed by atoms with van der Waals surface area (Å²) in [5.74, 6) is 1.31. The summed E-state index contributed by atoms with van der Waals surface area (Å²) < 4.78 is 6.75. The van der Waals surface area contributed by atoms with Crippen LogP contribution in [0.3, 0.4) is 0 Å². The van der Waals surface area contributed by atoms with Gasteiger partial charge >= 0.3 is 0 Å². The lowest BCUT2D eigenvalue weighted by Gasteiger charge is -2.30. The minimum absolute atomic E-state index is 0.151. The average Bonchev–Trinajstić information content (AvgIpc) is 2.82. The van der Waals surface area contributed by atoms with E-state index in [9.17, 15) is 9.59 Å². The van der Waals surface area contributed by atoms with E-state index in [4.69, 9.17) is 4.74 Å². The Bertz CT molecular complexity index is 1140. The lowest BCUT2D eigenvalue weighted by atomic mass is 10.0. The fraction of sp³-hybridized carbons (Fsp3) is 0.385. The number of nitrogens with zero attached hydrogens (tertiary/aromatic N) is 2. The lowest BCUT2D eigenvalue weighted by molar-refractivity contribution is 0.0951. The summed E-state index contributed by atoms with van der Waals surface area (Å²) in [5.41, 5.74) is 1.04. The second-order valence-corrected chi connectivity index (χ2v) is 8.62. The third-order valence-corrected chi connectivity index (χ3v) is 6.20. The van der Waals surface area contributed by atoms with E-state index < -0.39 is 0 Å². The van der Waals surface area contributed by atoms with E-state index >= 15 is 0 Å². The number of nitrogens with one attached hydrogen (secondary N) is 1. The summed E-state index contributed by atoms with van der Waals surface area (Å²) in [4.78, 5) is 28.7. The molecule has 0 aliphatic carbocycles. The summed E-state index contributed by atoms with van der Waals surface area (Å²) in [6.07, 6.45) is 5.12. The highest BCUT2D eigenvalue weighted by molar-refractivity contribution is 6.06. The van der Waals surface area contributed by atoms with Crippen LogP contribution in [0.2, 0.25) is 0 Å². The molecule has 1 aliphatic rings. The van der Waals surface area contributed by atoms with Crippen LogP contribution >= 0.6 is 0 Å². The topological polar surface area (TPSA) is 63.6 Å². The van der Waals surface area contributed by atoms with Crippen LogP contribution in [0.5, 0.6) is 5.75 Å². The van der Waals surface area contributed by atoms with Crippen LogP contribution in [-0.2, 0) is 0 Å². The number of fused-ring (bicyclic) bond motifs is 1. The normalized spacial score (nSPS) is 16.8. The molecule has 3 aromatic rings. The van der Waals surface area contributed by atoms with Gasteiger partial charge in [-0.2, -0.15) is 0 Å². The third-order valence-electron chi connectivity index (χ3n) is 6.20. The van der Waals surface area contributed by atoms with E-state index in [1.165, 1.54) is 17.4 Å². The number of likely N-dealkylation sites (tertiary alicyclic amines) is 1. The second kappa shape index (κ2) is 10.0. The number of rotatable bonds is 7. The zero-order valence-electron chi connectivity index (χ0n) is 18.8. The zero-order valence-corrected chi connectivity index (χ0v) is 18.8. The van der Waals surface area contributed by atoms with Crippen molar-refractivity contribution in [3.63, 3.8) is 0 Å². The SMILES string of the molecule is COc1ccc(-n2cc(C(=O)NCCCN3CCC[C@H](C)C3)c3ccccc3c2=O)cc1. The van der Waals surface area contributed by atoms with Gasteiger partial charge in [-0.25, -0.2) is 0 Å². The van der Waals surface area contributed by atoms with Gasteiger partial charge in [-0.05, 0) is 68.6 Å². The molecular weight excluding hydrogens is 402 g/mol. The maximum atomic E-state index is 13.1. The number of amides is 1. The third kappa shape index (κ3) is 4.86. The number of carbonyl (C=O) groups excluding carboxylic acids is 1. The van der Waals surface area contributed by atoms with E-state index in [1.807, 2.05) is 30.3 Å². The molecule has 1 aliphatic heterocycles. The Labute approximate surface area is 188 Å². The molecule has 1 atom stereocenters. The highest BCUT2D eigenvalue weighted by atomic mass is 16.5. The molecule has 1 aromatic heterocycles. The fourth-order valence-corrected chi connectivity index (χ4v) is 4.50. The van der Waals surface area contributed by atoms with Gasteiger partial charge in [0.25, 0.3) is 11.5 Å². The molecule has 32 heavy (non-hydrogen) atoms. The number of aromatic nitrogens is 1. The zero-order chi connectivity index (χ0) is 22.5. The van der Waals surface area contributed by atoms with Gasteiger partial charge in [-0.15, -0.1) is 0 Å². The summed E-state index contributed by atoms with van der Waals surface area (Å²) in [7, 11) is 1.60. The highest BCUT2D eigenvalue weighted by Gasteiger charge is 2.17. The maximum absolute atomic E-state index is 13.1. The first-order chi connectivity index (χ1) is 15.6. The first kappa shape index (κ1) is 22.1. The number of hydrogen-bond acceptors (Lipinski definition) is 4. The van der Waals surface area contributed by atoms with Crippen LogP contribution in [0.4, 0.5) is 0 Å². The lowest BCUT2D eigenvalue weighted by Crippen LogP contribution is -2.36. The number of benzene rings is 2. The molecule has 6 heteroatoms. The van der Waals surface area contributed by atoms with Gasteiger partial charge in [0.15, 0.2) is 0 Å². The van der Waals surface area contributed by atoms with Crippen molar-refractivity contribution in [3.8, 4) is 11.4 Å². The number of hydrogen-bond donors (Lipinski definition) is 1. The Kier molecular flexibility index (Phi) is 6.90. The molecule has 1 saturated heterocycles. The van der Waals surface area contributed by atoms with Crippen molar-refractivity contribution < 1.29 is 9.53 Å². The molecule has 0 spiro atoms. The Morgan fingerprint density at radius 2 is 1.88 bits per heavy atom. The second-order valence-electron chi connectivity index (χ2n) is 8.62. The van der Waals surface area contributed by atoms with E-state index in [0.29, 0.717) is 34.3 Å². The summed E-state index contributed by atoms with van der Waals surface area (Å²) in [6, 6.07) is 14.5. The molecule has 2 aromatic carbocycles. The standard InChI is InChI=1S/C26H31N3O3/c1-19-7-5-15-28(17-19)16-6-14-27-25(30)24-18-29(20-10-12-21(32-2)13-11-20)26(31)23-9-4-3-8-22(23)24/h3-4,8-13,18-19H,5-7,14-17H2,1-2H3,(H,27,30)/t19-/m0/s1. The first-order valence-corrected chi connectivity index (χ1v) is 11.4. The summed E-state index contributed by atoms with van der Waals surface area (Å²) in [5, 5.41) is 4.25. The van der Waals surface area contributed by atoms with Crippen molar-refractivity contribution in [2.45, 2.75) is 26.2 Å². The van der Waals surface area contributed by atoms with Crippen molar-refractivity contribution in [1.29, 1.82) is 0 Å². The summed E-state index contributed by atoms with van der Waals surface area (Å²) in [6.45, 7) is 6.20. The van der Waals surface area contributed by atoms with Crippen molar-refractivity contribution >= 4 is 16.7 Å². The van der Waals surface area contributed by atoms with Gasteiger partial charge in [0.05, 0.1) is 12.7 Å². The molecule has 0 saturated carbocycles. The molecule has 0 radical (unpaired) electrons. The molecular formula is C26H31N3O3. The Morgan fingerprint density at radius 1 is 1.12 bits per heavy atom. The van der Waals surface area contributed by atoms with Crippen LogP contribution in [0.15, 0.2) is 59.5 Å².